The molecule has 4 rings (SSSR count). The van der Waals surface area contributed by atoms with Gasteiger partial charge in [-0.3, -0.25) is 4.79 Å². The van der Waals surface area contributed by atoms with E-state index in [0.717, 1.165) is 41.8 Å². The second-order valence-corrected chi connectivity index (χ2v) is 7.84. The SMILES string of the molecule is CCOC=Cc1cc([C@@H]2C3=C(CCS3)NC3=C2C(=O)CCC3)ccc1F. The number of benzene rings is 1. The van der Waals surface area contributed by atoms with Gasteiger partial charge < -0.3 is 10.1 Å². The van der Waals surface area contributed by atoms with E-state index in [-0.39, 0.29) is 17.5 Å². The molecule has 0 radical (unpaired) electrons. The van der Waals surface area contributed by atoms with Crippen LogP contribution in [0, 0.1) is 5.82 Å². The number of halogens is 1. The Morgan fingerprint density at radius 3 is 3.04 bits per heavy atom. The molecule has 3 nitrogen and oxygen atoms in total. The fraction of sp³-hybridized carbons (Fsp3) is 0.381. The first-order valence-corrected chi connectivity index (χ1v) is 10.1. The van der Waals surface area contributed by atoms with Crippen molar-refractivity contribution in [3.05, 3.63) is 63.3 Å². The lowest BCUT2D eigenvalue weighted by molar-refractivity contribution is -0.116. The highest BCUT2D eigenvalue weighted by atomic mass is 32.2. The predicted molar refractivity (Wildman–Crippen MR) is 103 cm³/mol. The number of allylic oxidation sites excluding steroid dienone is 4. The lowest BCUT2D eigenvalue weighted by Gasteiger charge is -2.33. The third kappa shape index (κ3) is 3.09. The Balaban J connectivity index is 1.78. The van der Waals surface area contributed by atoms with E-state index >= 15 is 0 Å². The number of hydrogen-bond donors (Lipinski definition) is 1. The number of dihydropyridines is 1. The van der Waals surface area contributed by atoms with E-state index in [0.29, 0.717) is 18.6 Å². The van der Waals surface area contributed by atoms with Crippen LogP contribution in [0.3, 0.4) is 0 Å². The number of ether oxygens (including phenoxy) is 1. The van der Waals surface area contributed by atoms with Crippen molar-refractivity contribution in [2.75, 3.05) is 12.4 Å². The molecule has 2 heterocycles. The van der Waals surface area contributed by atoms with Crippen LogP contribution in [-0.4, -0.2) is 18.1 Å². The van der Waals surface area contributed by atoms with Gasteiger partial charge in [-0.2, -0.15) is 0 Å². The van der Waals surface area contributed by atoms with Crippen LogP contribution in [0.15, 0.2) is 46.3 Å². The third-order valence-electron chi connectivity index (χ3n) is 5.08. The van der Waals surface area contributed by atoms with Crippen molar-refractivity contribution in [3.63, 3.8) is 0 Å². The molecule has 0 saturated heterocycles. The smallest absolute Gasteiger partial charge is 0.161 e. The first-order chi connectivity index (χ1) is 12.7. The standard InChI is InChI=1S/C21H22FNO2S/c1-2-25-10-8-13-12-14(6-7-15(13)22)19-20-16(4-3-5-18(20)24)23-17-9-11-26-21(17)19/h6-8,10,12,19,23H,2-5,9,11H2,1H3/t19-/m0/s1. The van der Waals surface area contributed by atoms with E-state index in [1.807, 2.05) is 30.8 Å². The molecule has 1 aliphatic carbocycles. The van der Waals surface area contributed by atoms with Gasteiger partial charge in [0.05, 0.1) is 12.9 Å². The van der Waals surface area contributed by atoms with E-state index in [2.05, 4.69) is 5.32 Å². The largest absolute Gasteiger partial charge is 0.501 e. The summed E-state index contributed by atoms with van der Waals surface area (Å²) in [6, 6.07) is 5.17. The Kier molecular flexibility index (Phi) is 4.90. The molecule has 0 amide bonds. The van der Waals surface area contributed by atoms with Gasteiger partial charge in [0.25, 0.3) is 0 Å². The Hall–Kier alpha value is -2.01. The van der Waals surface area contributed by atoms with Crippen molar-refractivity contribution in [2.45, 2.75) is 38.5 Å². The number of Topliss-reactive ketones (excluding diaryl/α,β-unsaturated/α-hetero) is 1. The van der Waals surface area contributed by atoms with Crippen LogP contribution in [0.25, 0.3) is 6.08 Å². The van der Waals surface area contributed by atoms with Crippen molar-refractivity contribution in [1.29, 1.82) is 0 Å². The van der Waals surface area contributed by atoms with Crippen molar-refractivity contribution < 1.29 is 13.9 Å². The number of thioether (sulfide) groups is 1. The molecule has 1 N–H and O–H groups in total. The van der Waals surface area contributed by atoms with Crippen molar-refractivity contribution in [2.24, 2.45) is 0 Å². The highest BCUT2D eigenvalue weighted by Crippen LogP contribution is 2.50. The van der Waals surface area contributed by atoms with Gasteiger partial charge in [-0.15, -0.1) is 11.8 Å². The van der Waals surface area contributed by atoms with Gasteiger partial charge >= 0.3 is 0 Å². The summed E-state index contributed by atoms with van der Waals surface area (Å²) in [6.45, 7) is 2.43. The van der Waals surface area contributed by atoms with Crippen LogP contribution in [0.4, 0.5) is 4.39 Å². The summed E-state index contributed by atoms with van der Waals surface area (Å²) in [5, 5.41) is 3.52. The van der Waals surface area contributed by atoms with E-state index in [1.54, 1.807) is 6.08 Å². The van der Waals surface area contributed by atoms with Crippen LogP contribution in [0.5, 0.6) is 0 Å². The second kappa shape index (κ2) is 7.31. The summed E-state index contributed by atoms with van der Waals surface area (Å²) < 4.78 is 19.4. The van der Waals surface area contributed by atoms with E-state index in [4.69, 9.17) is 4.74 Å². The Labute approximate surface area is 157 Å². The zero-order valence-electron chi connectivity index (χ0n) is 14.8. The number of nitrogens with one attached hydrogen (secondary N) is 1. The number of ketones is 1. The fourth-order valence-corrected chi connectivity index (χ4v) is 5.18. The van der Waals surface area contributed by atoms with Gasteiger partial charge in [-0.1, -0.05) is 6.07 Å². The summed E-state index contributed by atoms with van der Waals surface area (Å²) in [6.07, 6.45) is 6.59. The van der Waals surface area contributed by atoms with Crippen LogP contribution in [0.1, 0.15) is 49.7 Å². The summed E-state index contributed by atoms with van der Waals surface area (Å²) in [7, 11) is 0. The van der Waals surface area contributed by atoms with Crippen molar-refractivity contribution in [3.8, 4) is 0 Å². The van der Waals surface area contributed by atoms with E-state index in [1.165, 1.54) is 22.9 Å². The first kappa shape index (κ1) is 17.4. The molecular weight excluding hydrogens is 349 g/mol. The monoisotopic (exact) mass is 371 g/mol. The van der Waals surface area contributed by atoms with Gasteiger partial charge in [0.15, 0.2) is 5.78 Å². The minimum absolute atomic E-state index is 0.0682. The maximum atomic E-state index is 14.2. The van der Waals surface area contributed by atoms with Crippen molar-refractivity contribution >= 4 is 23.6 Å². The quantitative estimate of drug-likeness (QED) is 0.766. The van der Waals surface area contributed by atoms with Crippen LogP contribution in [-0.2, 0) is 9.53 Å². The normalized spacial score (nSPS) is 22.5. The molecular formula is C21H22FNO2S. The predicted octanol–water partition coefficient (Wildman–Crippen LogP) is 4.88. The van der Waals surface area contributed by atoms with Gasteiger partial charge in [-0.25, -0.2) is 4.39 Å². The zero-order chi connectivity index (χ0) is 18.1. The van der Waals surface area contributed by atoms with E-state index in [9.17, 15) is 9.18 Å². The molecule has 1 aromatic rings. The fourth-order valence-electron chi connectivity index (χ4n) is 3.90. The molecule has 0 bridgehead atoms. The van der Waals surface area contributed by atoms with Crippen LogP contribution >= 0.6 is 11.8 Å². The Morgan fingerprint density at radius 2 is 2.19 bits per heavy atom. The highest BCUT2D eigenvalue weighted by molar-refractivity contribution is 8.03. The lowest BCUT2D eigenvalue weighted by atomic mass is 9.79. The van der Waals surface area contributed by atoms with Crippen molar-refractivity contribution in [1.82, 2.24) is 5.32 Å². The molecule has 0 fully saturated rings. The molecule has 1 atom stereocenters. The summed E-state index contributed by atoms with van der Waals surface area (Å²) in [4.78, 5) is 14.0. The first-order valence-electron chi connectivity index (χ1n) is 9.15. The summed E-state index contributed by atoms with van der Waals surface area (Å²) in [5.74, 6) is 0.900. The minimum atomic E-state index is -0.281. The number of carbonyl (C=O) groups is 1. The van der Waals surface area contributed by atoms with Gasteiger partial charge in [0.2, 0.25) is 0 Å². The molecule has 1 aromatic carbocycles. The Bertz CT molecular complexity index is 840. The maximum absolute atomic E-state index is 14.2. The number of carbonyl (C=O) groups excluding carboxylic acids is 1. The third-order valence-corrected chi connectivity index (χ3v) is 6.28. The molecule has 2 aliphatic heterocycles. The topological polar surface area (TPSA) is 38.3 Å². The molecule has 0 aromatic heterocycles. The number of rotatable bonds is 4. The molecule has 3 aliphatic rings. The van der Waals surface area contributed by atoms with Gasteiger partial charge in [0, 0.05) is 45.5 Å². The summed E-state index contributed by atoms with van der Waals surface area (Å²) in [5.41, 5.74) is 4.67. The highest BCUT2D eigenvalue weighted by Gasteiger charge is 2.38. The minimum Gasteiger partial charge on any atom is -0.501 e. The van der Waals surface area contributed by atoms with E-state index < -0.39 is 0 Å². The lowest BCUT2D eigenvalue weighted by Crippen LogP contribution is -2.30. The average Bonchev–Trinajstić information content (AvgIpc) is 3.10. The Morgan fingerprint density at radius 1 is 1.31 bits per heavy atom. The molecule has 5 heteroatoms. The average molecular weight is 371 g/mol. The molecule has 0 saturated carbocycles. The summed E-state index contributed by atoms with van der Waals surface area (Å²) >= 11 is 1.81. The molecule has 136 valence electrons. The molecule has 0 spiro atoms. The molecule has 0 unspecified atom stereocenters. The maximum Gasteiger partial charge on any atom is 0.161 e. The van der Waals surface area contributed by atoms with Crippen LogP contribution < -0.4 is 5.32 Å². The van der Waals surface area contributed by atoms with Crippen LogP contribution in [0.2, 0.25) is 0 Å². The number of hydrogen-bond acceptors (Lipinski definition) is 4. The zero-order valence-corrected chi connectivity index (χ0v) is 15.6. The van der Waals surface area contributed by atoms with Gasteiger partial charge in [-0.05, 0) is 50.0 Å². The second-order valence-electron chi connectivity index (χ2n) is 6.71. The molecule has 26 heavy (non-hydrogen) atoms. The van der Waals surface area contributed by atoms with Gasteiger partial charge in [0.1, 0.15) is 5.82 Å².